The van der Waals surface area contributed by atoms with Crippen LogP contribution in [0.1, 0.15) is 11.8 Å². The van der Waals surface area contributed by atoms with Crippen LogP contribution in [-0.4, -0.2) is 78.2 Å². The predicted molar refractivity (Wildman–Crippen MR) is 85.5 cm³/mol. The van der Waals surface area contributed by atoms with E-state index in [4.69, 9.17) is 18.9 Å². The lowest BCUT2D eigenvalue weighted by atomic mass is 10.1. The van der Waals surface area contributed by atoms with Gasteiger partial charge < -0.3 is 29.2 Å². The molecule has 1 aromatic rings. The maximum Gasteiger partial charge on any atom is 0.330 e. The fourth-order valence-electron chi connectivity index (χ4n) is 2.74. The summed E-state index contributed by atoms with van der Waals surface area (Å²) in [6, 6.07) is 0. The minimum Gasteiger partial charge on any atom is -0.394 e. The molecular formula is C15H24N2O8. The lowest BCUT2D eigenvalue weighted by molar-refractivity contribution is -0.132. The van der Waals surface area contributed by atoms with Crippen LogP contribution in [0, 0.1) is 6.92 Å². The van der Waals surface area contributed by atoms with Crippen molar-refractivity contribution in [3.8, 4) is 0 Å². The van der Waals surface area contributed by atoms with Crippen LogP contribution in [0.4, 0.5) is 0 Å². The first kappa shape index (κ1) is 19.8. The Hall–Kier alpha value is -1.56. The van der Waals surface area contributed by atoms with Crippen molar-refractivity contribution in [3.63, 3.8) is 0 Å². The van der Waals surface area contributed by atoms with E-state index in [-0.39, 0.29) is 13.2 Å². The number of aryl methyl sites for hydroxylation is 1. The maximum atomic E-state index is 12.1. The third kappa shape index (κ3) is 4.35. The number of ether oxygens (including phenoxy) is 4. The number of methoxy groups -OCH3 is 2. The second kappa shape index (κ2) is 8.70. The van der Waals surface area contributed by atoms with Gasteiger partial charge in [0.15, 0.2) is 6.23 Å². The zero-order chi connectivity index (χ0) is 18.6. The van der Waals surface area contributed by atoms with Crippen molar-refractivity contribution in [3.05, 3.63) is 32.6 Å². The highest BCUT2D eigenvalue weighted by Gasteiger charge is 2.46. The molecule has 4 atom stereocenters. The molecule has 0 bridgehead atoms. The Kier molecular flexibility index (Phi) is 6.87. The van der Waals surface area contributed by atoms with E-state index in [1.54, 1.807) is 0 Å². The van der Waals surface area contributed by atoms with Gasteiger partial charge in [0.05, 0.1) is 19.8 Å². The Morgan fingerprint density at radius 1 is 1.32 bits per heavy atom. The van der Waals surface area contributed by atoms with Gasteiger partial charge in [-0.1, -0.05) is 0 Å². The van der Waals surface area contributed by atoms with Gasteiger partial charge in [-0.3, -0.25) is 14.3 Å². The first-order valence-electron chi connectivity index (χ1n) is 7.82. The Labute approximate surface area is 143 Å². The van der Waals surface area contributed by atoms with E-state index < -0.39 is 48.5 Å². The van der Waals surface area contributed by atoms with E-state index in [0.717, 1.165) is 4.57 Å². The molecule has 0 aromatic carbocycles. The molecule has 2 rings (SSSR count). The predicted octanol–water partition coefficient (Wildman–Crippen LogP) is -1.86. The van der Waals surface area contributed by atoms with Gasteiger partial charge in [-0.15, -0.1) is 0 Å². The van der Waals surface area contributed by atoms with Crippen molar-refractivity contribution in [1.82, 2.24) is 9.55 Å². The van der Waals surface area contributed by atoms with Gasteiger partial charge in [0.2, 0.25) is 0 Å². The summed E-state index contributed by atoms with van der Waals surface area (Å²) >= 11 is 0. The van der Waals surface area contributed by atoms with Crippen LogP contribution in [0.25, 0.3) is 0 Å². The molecule has 0 radical (unpaired) electrons. The van der Waals surface area contributed by atoms with Crippen LogP contribution in [-0.2, 0) is 18.9 Å². The highest BCUT2D eigenvalue weighted by atomic mass is 16.6. The quantitative estimate of drug-likeness (QED) is 0.492. The summed E-state index contributed by atoms with van der Waals surface area (Å²) in [5.74, 6) is 0. The molecule has 10 heteroatoms. The second-order valence-corrected chi connectivity index (χ2v) is 5.85. The summed E-state index contributed by atoms with van der Waals surface area (Å²) in [5.41, 5.74) is -0.906. The van der Waals surface area contributed by atoms with Crippen molar-refractivity contribution in [2.45, 2.75) is 37.6 Å². The molecule has 2 heterocycles. The van der Waals surface area contributed by atoms with E-state index in [0.29, 0.717) is 5.56 Å². The fourth-order valence-corrected chi connectivity index (χ4v) is 2.74. The van der Waals surface area contributed by atoms with Gasteiger partial charge in [-0.05, 0) is 6.92 Å². The molecule has 0 aliphatic carbocycles. The SMILES string of the molecule is COCC(COC)OC1C(O)[C@@H](CO)O[C@H]1n1cc(C)c(=O)[nH]c1=O. The Morgan fingerprint density at radius 2 is 1.96 bits per heavy atom. The third-order valence-electron chi connectivity index (χ3n) is 3.97. The van der Waals surface area contributed by atoms with Crippen LogP contribution in [0.3, 0.4) is 0 Å². The average Bonchev–Trinajstić information content (AvgIpc) is 2.87. The smallest absolute Gasteiger partial charge is 0.330 e. The van der Waals surface area contributed by atoms with Gasteiger partial charge in [0.1, 0.15) is 24.4 Å². The topological polar surface area (TPSA) is 132 Å². The lowest BCUT2D eigenvalue weighted by Gasteiger charge is -2.27. The Balaban J connectivity index is 2.35. The number of aliphatic hydroxyl groups is 2. The van der Waals surface area contributed by atoms with Crippen LogP contribution in [0.2, 0.25) is 0 Å². The number of aromatic amines is 1. The van der Waals surface area contributed by atoms with Crippen LogP contribution in [0.15, 0.2) is 15.8 Å². The van der Waals surface area contributed by atoms with Crippen molar-refractivity contribution in [1.29, 1.82) is 0 Å². The van der Waals surface area contributed by atoms with E-state index >= 15 is 0 Å². The molecule has 1 aromatic heterocycles. The molecule has 1 aliphatic heterocycles. The highest BCUT2D eigenvalue weighted by molar-refractivity contribution is 5.03. The molecule has 1 fully saturated rings. The van der Waals surface area contributed by atoms with Crippen molar-refractivity contribution in [2.24, 2.45) is 0 Å². The van der Waals surface area contributed by atoms with Gasteiger partial charge in [-0.2, -0.15) is 0 Å². The van der Waals surface area contributed by atoms with Crippen molar-refractivity contribution in [2.75, 3.05) is 34.0 Å². The number of nitrogens with zero attached hydrogens (tertiary/aromatic N) is 1. The molecule has 1 saturated heterocycles. The molecule has 142 valence electrons. The first-order chi connectivity index (χ1) is 11.9. The Bertz CT molecular complexity index is 666. The molecule has 0 amide bonds. The number of nitrogens with one attached hydrogen (secondary N) is 1. The van der Waals surface area contributed by atoms with E-state index in [2.05, 4.69) is 4.98 Å². The molecular weight excluding hydrogens is 336 g/mol. The van der Waals surface area contributed by atoms with E-state index in [1.807, 2.05) is 0 Å². The third-order valence-corrected chi connectivity index (χ3v) is 3.97. The highest BCUT2D eigenvalue weighted by Crippen LogP contribution is 2.31. The minimum atomic E-state index is -1.18. The summed E-state index contributed by atoms with van der Waals surface area (Å²) in [7, 11) is 2.99. The summed E-state index contributed by atoms with van der Waals surface area (Å²) in [6.45, 7) is 1.49. The molecule has 10 nitrogen and oxygen atoms in total. The maximum absolute atomic E-state index is 12.1. The van der Waals surface area contributed by atoms with Crippen molar-refractivity contribution >= 4 is 0 Å². The minimum absolute atomic E-state index is 0.202. The number of rotatable bonds is 8. The lowest BCUT2D eigenvalue weighted by Crippen LogP contribution is -2.43. The van der Waals surface area contributed by atoms with Gasteiger partial charge >= 0.3 is 5.69 Å². The van der Waals surface area contributed by atoms with Gasteiger partial charge in [0, 0.05) is 26.0 Å². The van der Waals surface area contributed by atoms with Crippen LogP contribution < -0.4 is 11.2 Å². The largest absolute Gasteiger partial charge is 0.394 e. The van der Waals surface area contributed by atoms with Crippen molar-refractivity contribution < 1.29 is 29.2 Å². The number of H-pyrrole nitrogens is 1. The second-order valence-electron chi connectivity index (χ2n) is 5.85. The summed E-state index contributed by atoms with van der Waals surface area (Å²) in [5, 5.41) is 19.8. The first-order valence-corrected chi connectivity index (χ1v) is 7.82. The molecule has 1 aliphatic rings. The summed E-state index contributed by atoms with van der Waals surface area (Å²) < 4.78 is 22.7. The summed E-state index contributed by atoms with van der Waals surface area (Å²) in [4.78, 5) is 25.9. The molecule has 0 saturated carbocycles. The average molecular weight is 360 g/mol. The zero-order valence-electron chi connectivity index (χ0n) is 14.4. The van der Waals surface area contributed by atoms with Crippen LogP contribution >= 0.6 is 0 Å². The van der Waals surface area contributed by atoms with E-state index in [1.165, 1.54) is 27.3 Å². The zero-order valence-corrected chi connectivity index (χ0v) is 14.4. The van der Waals surface area contributed by atoms with Crippen LogP contribution in [0.5, 0.6) is 0 Å². The molecule has 3 N–H and O–H groups in total. The standard InChI is InChI=1S/C15H24N2O8/c1-8-4-17(15(21)16-13(8)20)14-12(11(19)10(5-18)25-14)24-9(6-22-2)7-23-3/h4,9-12,14,18-19H,5-7H2,1-3H3,(H,16,20,21)/t10-,11?,12?,14-/m1/s1. The van der Waals surface area contributed by atoms with E-state index in [9.17, 15) is 19.8 Å². The summed E-state index contributed by atoms with van der Waals surface area (Å²) in [6.07, 6.45) is -3.28. The number of aliphatic hydroxyl groups excluding tert-OH is 2. The molecule has 25 heavy (non-hydrogen) atoms. The Morgan fingerprint density at radius 3 is 2.52 bits per heavy atom. The molecule has 2 unspecified atom stereocenters. The fraction of sp³-hybridized carbons (Fsp3) is 0.733. The normalized spacial score (nSPS) is 26.5. The number of aromatic nitrogens is 2. The molecule has 0 spiro atoms. The van der Waals surface area contributed by atoms with Gasteiger partial charge in [0.25, 0.3) is 5.56 Å². The van der Waals surface area contributed by atoms with Gasteiger partial charge in [-0.25, -0.2) is 4.79 Å². The number of hydrogen-bond acceptors (Lipinski definition) is 8. The monoisotopic (exact) mass is 360 g/mol. The number of hydrogen-bond donors (Lipinski definition) is 3.